The minimum atomic E-state index is -4.32. The highest BCUT2D eigenvalue weighted by atomic mass is 31.2. The van der Waals surface area contributed by atoms with Crippen molar-refractivity contribution >= 4 is 13.7 Å². The summed E-state index contributed by atoms with van der Waals surface area (Å²) in [5, 5.41) is 13.5. The SMILES string of the molecule is CC/C=C\C/C=C\C/C=C\CCCCCCCC(=O)NC(COP(=O)(O)OCC[N+](C)(C)C)C(O)/C=C/CCCCCC. The Bertz CT molecular complexity index is 850. The van der Waals surface area contributed by atoms with Gasteiger partial charge in [0.15, 0.2) is 0 Å². The van der Waals surface area contributed by atoms with Gasteiger partial charge in [-0.15, -0.1) is 0 Å². The average molecular weight is 628 g/mol. The Balaban J connectivity index is 4.51. The van der Waals surface area contributed by atoms with Gasteiger partial charge in [-0.05, 0) is 51.4 Å². The number of amides is 1. The lowest BCUT2D eigenvalue weighted by molar-refractivity contribution is -0.870. The zero-order chi connectivity index (χ0) is 32.2. The predicted octanol–water partition coefficient (Wildman–Crippen LogP) is 7.79. The molecule has 0 rings (SSSR count). The van der Waals surface area contributed by atoms with Gasteiger partial charge in [0.25, 0.3) is 0 Å². The zero-order valence-corrected chi connectivity index (χ0v) is 28.8. The van der Waals surface area contributed by atoms with Gasteiger partial charge in [0.05, 0.1) is 39.9 Å². The quantitative estimate of drug-likeness (QED) is 0.0354. The normalized spacial score (nSPS) is 15.6. The lowest BCUT2D eigenvalue weighted by Gasteiger charge is -2.25. The second kappa shape index (κ2) is 26.8. The van der Waals surface area contributed by atoms with E-state index in [0.717, 1.165) is 83.5 Å². The van der Waals surface area contributed by atoms with Crippen LogP contribution in [0.15, 0.2) is 48.6 Å². The Morgan fingerprint density at radius 2 is 1.40 bits per heavy atom. The van der Waals surface area contributed by atoms with E-state index in [1.807, 2.05) is 27.2 Å². The van der Waals surface area contributed by atoms with Gasteiger partial charge in [-0.25, -0.2) is 4.57 Å². The van der Waals surface area contributed by atoms with E-state index < -0.39 is 20.0 Å². The number of aliphatic hydroxyl groups excluding tert-OH is 1. The number of carbonyl (C=O) groups is 1. The van der Waals surface area contributed by atoms with Crippen LogP contribution in [0.2, 0.25) is 0 Å². The van der Waals surface area contributed by atoms with Crippen molar-refractivity contribution < 1.29 is 32.9 Å². The zero-order valence-electron chi connectivity index (χ0n) is 27.9. The molecule has 43 heavy (non-hydrogen) atoms. The number of carbonyl (C=O) groups excluding carboxylic acids is 1. The molecule has 0 bridgehead atoms. The van der Waals surface area contributed by atoms with Gasteiger partial charge >= 0.3 is 7.82 Å². The lowest BCUT2D eigenvalue weighted by atomic mass is 10.1. The highest BCUT2D eigenvalue weighted by Crippen LogP contribution is 2.43. The molecule has 0 aromatic carbocycles. The number of hydrogen-bond acceptors (Lipinski definition) is 5. The molecule has 0 saturated heterocycles. The summed E-state index contributed by atoms with van der Waals surface area (Å²) in [6.45, 7) is 4.56. The van der Waals surface area contributed by atoms with Crippen LogP contribution < -0.4 is 5.32 Å². The van der Waals surface area contributed by atoms with Crippen molar-refractivity contribution in [2.24, 2.45) is 0 Å². The van der Waals surface area contributed by atoms with E-state index in [9.17, 15) is 19.4 Å². The van der Waals surface area contributed by atoms with Crippen LogP contribution in [0.3, 0.4) is 0 Å². The van der Waals surface area contributed by atoms with Crippen molar-refractivity contribution in [1.29, 1.82) is 0 Å². The van der Waals surface area contributed by atoms with E-state index in [1.165, 1.54) is 6.42 Å². The Morgan fingerprint density at radius 1 is 0.814 bits per heavy atom. The fourth-order valence-electron chi connectivity index (χ4n) is 4.11. The molecular weight excluding hydrogens is 563 g/mol. The first-order valence-corrected chi connectivity index (χ1v) is 18.0. The number of likely N-dealkylation sites (N-methyl/N-ethyl adjacent to an activating group) is 1. The van der Waals surface area contributed by atoms with E-state index in [0.29, 0.717) is 17.4 Å². The fraction of sp³-hybridized carbons (Fsp3) is 0.735. The molecular formula is C34H64N2O6P+. The molecule has 0 aliphatic rings. The topological polar surface area (TPSA) is 105 Å². The number of phosphoric ester groups is 1. The molecule has 9 heteroatoms. The van der Waals surface area contributed by atoms with Crippen LogP contribution in [0.5, 0.6) is 0 Å². The maximum absolute atomic E-state index is 12.7. The summed E-state index contributed by atoms with van der Waals surface area (Å²) < 4.78 is 23.2. The van der Waals surface area contributed by atoms with Crippen molar-refractivity contribution in [3.8, 4) is 0 Å². The molecule has 1 amide bonds. The van der Waals surface area contributed by atoms with Crippen LogP contribution in [0.25, 0.3) is 0 Å². The van der Waals surface area contributed by atoms with Crippen LogP contribution >= 0.6 is 7.82 Å². The standard InChI is InChI=1S/C34H63N2O6P/c1-6-8-10-12-14-15-16-17-18-19-20-21-22-24-26-28-34(38)35-32(33(37)27-25-23-13-11-9-7-2)31-42-43(39,40)41-30-29-36(3,4)5/h8,10,14-15,17-18,25,27,32-33,37H,6-7,9,11-13,16,19-24,26,28-31H2,1-5H3,(H-,35,38,39,40)/p+1/b10-8-,15-14-,18-17-,27-25+. The third-order valence-electron chi connectivity index (χ3n) is 6.80. The van der Waals surface area contributed by atoms with Crippen molar-refractivity contribution in [1.82, 2.24) is 5.32 Å². The molecule has 0 heterocycles. The number of aliphatic hydroxyl groups is 1. The summed E-state index contributed by atoms with van der Waals surface area (Å²) in [6.07, 6.45) is 30.6. The van der Waals surface area contributed by atoms with Crippen LogP contribution in [-0.4, -0.2) is 73.4 Å². The largest absolute Gasteiger partial charge is 0.472 e. The monoisotopic (exact) mass is 627 g/mol. The average Bonchev–Trinajstić information content (AvgIpc) is 2.94. The number of hydrogen-bond donors (Lipinski definition) is 3. The molecule has 3 atom stereocenters. The van der Waals surface area contributed by atoms with Gasteiger partial charge < -0.3 is 19.8 Å². The van der Waals surface area contributed by atoms with Crippen LogP contribution in [-0.2, 0) is 18.4 Å². The number of allylic oxidation sites excluding steroid dienone is 7. The minimum absolute atomic E-state index is 0.0549. The van der Waals surface area contributed by atoms with E-state index in [1.54, 1.807) is 6.08 Å². The third kappa shape index (κ3) is 29.0. The van der Waals surface area contributed by atoms with Gasteiger partial charge in [-0.3, -0.25) is 13.8 Å². The number of phosphoric acid groups is 1. The summed E-state index contributed by atoms with van der Waals surface area (Å²) in [4.78, 5) is 22.8. The molecule has 0 aliphatic heterocycles. The maximum atomic E-state index is 12.7. The van der Waals surface area contributed by atoms with Crippen LogP contribution in [0.1, 0.15) is 110 Å². The fourth-order valence-corrected chi connectivity index (χ4v) is 4.85. The van der Waals surface area contributed by atoms with Gasteiger partial charge in [0, 0.05) is 6.42 Å². The second-order valence-electron chi connectivity index (χ2n) is 12.2. The third-order valence-corrected chi connectivity index (χ3v) is 7.79. The van der Waals surface area contributed by atoms with Crippen molar-refractivity contribution in [2.75, 3.05) is 40.9 Å². The number of unbranched alkanes of at least 4 members (excludes halogenated alkanes) is 9. The molecule has 0 fully saturated rings. The van der Waals surface area contributed by atoms with Crippen LogP contribution in [0.4, 0.5) is 0 Å². The Hall–Kier alpha value is -1.54. The Morgan fingerprint density at radius 3 is 2.05 bits per heavy atom. The van der Waals surface area contributed by atoms with E-state index in [4.69, 9.17) is 9.05 Å². The first kappa shape index (κ1) is 41.5. The molecule has 0 aromatic rings. The van der Waals surface area contributed by atoms with Crippen molar-refractivity contribution in [3.05, 3.63) is 48.6 Å². The molecule has 3 N–H and O–H groups in total. The second-order valence-corrected chi connectivity index (χ2v) is 13.6. The molecule has 0 aliphatic carbocycles. The van der Waals surface area contributed by atoms with Crippen molar-refractivity contribution in [2.45, 2.75) is 122 Å². The predicted molar refractivity (Wildman–Crippen MR) is 180 cm³/mol. The summed E-state index contributed by atoms with van der Waals surface area (Å²) in [5.74, 6) is -0.205. The summed E-state index contributed by atoms with van der Waals surface area (Å²) in [7, 11) is 1.54. The summed E-state index contributed by atoms with van der Waals surface area (Å²) in [5.41, 5.74) is 0. The molecule has 0 spiro atoms. The molecule has 8 nitrogen and oxygen atoms in total. The van der Waals surface area contributed by atoms with Crippen molar-refractivity contribution in [3.63, 3.8) is 0 Å². The molecule has 0 aromatic heterocycles. The first-order chi connectivity index (χ1) is 20.5. The van der Waals surface area contributed by atoms with Gasteiger partial charge in [0.1, 0.15) is 13.2 Å². The highest BCUT2D eigenvalue weighted by molar-refractivity contribution is 7.47. The van der Waals surface area contributed by atoms with Crippen LogP contribution in [0, 0.1) is 0 Å². The first-order valence-electron chi connectivity index (χ1n) is 16.5. The van der Waals surface area contributed by atoms with Gasteiger partial charge in [-0.1, -0.05) is 101 Å². The van der Waals surface area contributed by atoms with Gasteiger partial charge in [0.2, 0.25) is 5.91 Å². The lowest BCUT2D eigenvalue weighted by Crippen LogP contribution is -2.45. The minimum Gasteiger partial charge on any atom is -0.387 e. The van der Waals surface area contributed by atoms with Gasteiger partial charge in [-0.2, -0.15) is 0 Å². The van der Waals surface area contributed by atoms with E-state index >= 15 is 0 Å². The highest BCUT2D eigenvalue weighted by Gasteiger charge is 2.27. The smallest absolute Gasteiger partial charge is 0.387 e. The molecule has 250 valence electrons. The molecule has 3 unspecified atom stereocenters. The maximum Gasteiger partial charge on any atom is 0.472 e. The summed E-state index contributed by atoms with van der Waals surface area (Å²) in [6, 6.07) is -0.851. The number of quaternary nitrogens is 1. The summed E-state index contributed by atoms with van der Waals surface area (Å²) >= 11 is 0. The molecule has 0 radical (unpaired) electrons. The van der Waals surface area contributed by atoms with E-state index in [2.05, 4.69) is 55.6 Å². The Kier molecular flexibility index (Phi) is 25.9. The number of nitrogens with one attached hydrogen (secondary N) is 1. The van der Waals surface area contributed by atoms with E-state index in [-0.39, 0.29) is 19.1 Å². The molecule has 0 saturated carbocycles. The Labute approximate surface area is 263 Å². The number of nitrogens with zero attached hydrogens (tertiary/aromatic N) is 1. The number of rotatable bonds is 28.